The number of benzene rings is 2. The third kappa shape index (κ3) is 4.05. The molecule has 164 valence electrons. The fraction of sp³-hybridized carbons (Fsp3) is 0.346. The number of rotatable bonds is 4. The smallest absolute Gasteiger partial charge is 0.272 e. The lowest BCUT2D eigenvalue weighted by Crippen LogP contribution is -2.38. The van der Waals surface area contributed by atoms with E-state index in [0.29, 0.717) is 31.6 Å². The molecule has 0 saturated heterocycles. The van der Waals surface area contributed by atoms with Crippen molar-refractivity contribution in [3.8, 4) is 0 Å². The molecule has 2 aromatic carbocycles. The number of aryl methyl sites for hydroxylation is 2. The van der Waals surface area contributed by atoms with Gasteiger partial charge in [-0.3, -0.25) is 14.7 Å². The van der Waals surface area contributed by atoms with Crippen LogP contribution in [0.1, 0.15) is 62.9 Å². The van der Waals surface area contributed by atoms with E-state index in [1.54, 1.807) is 0 Å². The lowest BCUT2D eigenvalue weighted by molar-refractivity contribution is -0.131. The number of amides is 2. The van der Waals surface area contributed by atoms with E-state index >= 15 is 0 Å². The van der Waals surface area contributed by atoms with E-state index < -0.39 is 0 Å². The van der Waals surface area contributed by atoms with Gasteiger partial charge in [-0.1, -0.05) is 54.1 Å². The van der Waals surface area contributed by atoms with Gasteiger partial charge in [-0.25, -0.2) is 0 Å². The highest BCUT2D eigenvalue weighted by Gasteiger charge is 2.29. The molecular formula is C26H28N4O2. The van der Waals surface area contributed by atoms with Crippen LogP contribution >= 0.6 is 0 Å². The average Bonchev–Trinajstić information content (AvgIpc) is 3.23. The number of carbonyl (C=O) groups excluding carboxylic acids is 2. The lowest BCUT2D eigenvalue weighted by atomic mass is 9.87. The summed E-state index contributed by atoms with van der Waals surface area (Å²) in [5.41, 5.74) is 6.88. The predicted molar refractivity (Wildman–Crippen MR) is 122 cm³/mol. The number of hydrogen-bond donors (Lipinski definition) is 2. The minimum absolute atomic E-state index is 0.00226. The number of nitrogens with one attached hydrogen (secondary N) is 2. The third-order valence-corrected chi connectivity index (χ3v) is 6.61. The molecule has 5 rings (SSSR count). The topological polar surface area (TPSA) is 78.1 Å². The van der Waals surface area contributed by atoms with Crippen molar-refractivity contribution in [2.45, 2.75) is 51.6 Å². The number of carbonyl (C=O) groups is 2. The van der Waals surface area contributed by atoms with E-state index in [1.807, 2.05) is 42.2 Å². The minimum Gasteiger partial charge on any atom is -0.344 e. The minimum atomic E-state index is -0.169. The van der Waals surface area contributed by atoms with Gasteiger partial charge < -0.3 is 10.2 Å². The maximum Gasteiger partial charge on any atom is 0.272 e. The summed E-state index contributed by atoms with van der Waals surface area (Å²) in [4.78, 5) is 27.9. The molecule has 6 heteroatoms. The van der Waals surface area contributed by atoms with Crippen molar-refractivity contribution in [2.75, 3.05) is 6.54 Å². The predicted octanol–water partition coefficient (Wildman–Crippen LogP) is 3.65. The monoisotopic (exact) mass is 428 g/mol. The molecule has 0 bridgehead atoms. The number of aromatic nitrogens is 2. The first-order valence-electron chi connectivity index (χ1n) is 11.4. The zero-order valence-corrected chi connectivity index (χ0v) is 18.4. The third-order valence-electron chi connectivity index (χ3n) is 6.61. The van der Waals surface area contributed by atoms with Crippen molar-refractivity contribution in [1.82, 2.24) is 20.4 Å². The fourth-order valence-corrected chi connectivity index (χ4v) is 4.93. The average molecular weight is 429 g/mol. The Kier molecular flexibility index (Phi) is 5.52. The number of aromatic amines is 1. The van der Waals surface area contributed by atoms with Crippen LogP contribution in [0, 0.1) is 6.92 Å². The van der Waals surface area contributed by atoms with Crippen molar-refractivity contribution in [3.63, 3.8) is 0 Å². The van der Waals surface area contributed by atoms with Crippen LogP contribution < -0.4 is 5.32 Å². The van der Waals surface area contributed by atoms with Crippen LogP contribution in [0.4, 0.5) is 0 Å². The Bertz CT molecular complexity index is 1170. The van der Waals surface area contributed by atoms with E-state index in [-0.39, 0.29) is 17.9 Å². The molecule has 2 N–H and O–H groups in total. The maximum absolute atomic E-state index is 13.2. The summed E-state index contributed by atoms with van der Waals surface area (Å²) >= 11 is 0. The molecule has 2 aliphatic rings. The highest BCUT2D eigenvalue weighted by Crippen LogP contribution is 2.30. The molecule has 1 aliphatic heterocycles. The number of fused-ring (bicyclic) bond motifs is 2. The van der Waals surface area contributed by atoms with Crippen molar-refractivity contribution in [1.29, 1.82) is 0 Å². The Morgan fingerprint density at radius 1 is 1.16 bits per heavy atom. The van der Waals surface area contributed by atoms with E-state index in [2.05, 4.69) is 33.7 Å². The normalized spacial score (nSPS) is 17.4. The highest BCUT2D eigenvalue weighted by atomic mass is 16.2. The molecule has 3 aromatic rings. The Balaban J connectivity index is 1.30. The van der Waals surface area contributed by atoms with Crippen LogP contribution in [0.25, 0.3) is 0 Å². The fourth-order valence-electron chi connectivity index (χ4n) is 4.93. The van der Waals surface area contributed by atoms with Crippen molar-refractivity contribution in [3.05, 3.63) is 87.7 Å². The van der Waals surface area contributed by atoms with Crippen LogP contribution in [0.5, 0.6) is 0 Å². The molecule has 1 aromatic heterocycles. The first kappa shape index (κ1) is 20.5. The zero-order valence-electron chi connectivity index (χ0n) is 18.4. The first-order valence-corrected chi connectivity index (χ1v) is 11.4. The Hall–Kier alpha value is -3.41. The first-order chi connectivity index (χ1) is 15.6. The molecule has 1 atom stereocenters. The largest absolute Gasteiger partial charge is 0.344 e. The van der Waals surface area contributed by atoms with E-state index in [1.165, 1.54) is 11.1 Å². The maximum atomic E-state index is 13.2. The second kappa shape index (κ2) is 8.61. The van der Waals surface area contributed by atoms with E-state index in [0.717, 1.165) is 41.6 Å². The molecule has 0 unspecified atom stereocenters. The van der Waals surface area contributed by atoms with Gasteiger partial charge in [-0.15, -0.1) is 0 Å². The second-order valence-corrected chi connectivity index (χ2v) is 8.88. The molecule has 0 radical (unpaired) electrons. The standard InChI is InChI=1S/C26H28N4O2/c1-17-6-4-7-18(14-17)15-24(31)30-13-12-23-21(16-30)25(29-28-23)26(32)27-22-11-5-9-19-8-2-3-10-20(19)22/h2-4,6-8,10,14,22H,5,9,11-13,15-16H2,1H3,(H,27,32)(H,28,29)/t22-/m1/s1. The van der Waals surface area contributed by atoms with Crippen molar-refractivity contribution < 1.29 is 9.59 Å². The highest BCUT2D eigenvalue weighted by molar-refractivity contribution is 5.94. The molecule has 2 amide bonds. The van der Waals surface area contributed by atoms with Crippen LogP contribution in [0.2, 0.25) is 0 Å². The van der Waals surface area contributed by atoms with Gasteiger partial charge in [0.1, 0.15) is 0 Å². The van der Waals surface area contributed by atoms with Crippen LogP contribution in [-0.2, 0) is 30.6 Å². The summed E-state index contributed by atoms with van der Waals surface area (Å²) in [5.74, 6) is -0.0906. The Morgan fingerprint density at radius 2 is 2.03 bits per heavy atom. The lowest BCUT2D eigenvalue weighted by Gasteiger charge is -2.28. The molecular weight excluding hydrogens is 400 g/mol. The summed E-state index contributed by atoms with van der Waals surface area (Å²) in [5, 5.41) is 10.6. The number of H-pyrrole nitrogens is 1. The molecule has 0 fully saturated rings. The quantitative estimate of drug-likeness (QED) is 0.666. The zero-order chi connectivity index (χ0) is 22.1. The molecule has 1 aliphatic carbocycles. The molecule has 0 spiro atoms. The Morgan fingerprint density at radius 3 is 2.91 bits per heavy atom. The van der Waals surface area contributed by atoms with Gasteiger partial charge in [0.2, 0.25) is 5.91 Å². The summed E-state index contributed by atoms with van der Waals surface area (Å²) in [6, 6.07) is 16.4. The molecule has 0 saturated carbocycles. The van der Waals surface area contributed by atoms with Crippen molar-refractivity contribution >= 4 is 11.8 Å². The van der Waals surface area contributed by atoms with Gasteiger partial charge in [-0.2, -0.15) is 5.10 Å². The van der Waals surface area contributed by atoms with Gasteiger partial charge >= 0.3 is 0 Å². The van der Waals surface area contributed by atoms with Gasteiger partial charge in [0, 0.05) is 30.8 Å². The van der Waals surface area contributed by atoms with Crippen LogP contribution in [-0.4, -0.2) is 33.5 Å². The van der Waals surface area contributed by atoms with Gasteiger partial charge in [-0.05, 0) is 42.9 Å². The summed E-state index contributed by atoms with van der Waals surface area (Å²) in [6.07, 6.45) is 4.09. The van der Waals surface area contributed by atoms with E-state index in [9.17, 15) is 9.59 Å². The molecule has 32 heavy (non-hydrogen) atoms. The number of hydrogen-bond acceptors (Lipinski definition) is 3. The van der Waals surface area contributed by atoms with Gasteiger partial charge in [0.05, 0.1) is 12.5 Å². The molecule has 6 nitrogen and oxygen atoms in total. The van der Waals surface area contributed by atoms with Gasteiger partial charge in [0.15, 0.2) is 5.69 Å². The van der Waals surface area contributed by atoms with Crippen molar-refractivity contribution in [2.24, 2.45) is 0 Å². The second-order valence-electron chi connectivity index (χ2n) is 8.88. The number of nitrogens with zero attached hydrogens (tertiary/aromatic N) is 2. The summed E-state index contributed by atoms with van der Waals surface area (Å²) in [7, 11) is 0. The Labute approximate surface area is 188 Å². The van der Waals surface area contributed by atoms with Crippen LogP contribution in [0.3, 0.4) is 0 Å². The molecule has 2 heterocycles. The summed E-state index contributed by atoms with van der Waals surface area (Å²) in [6.45, 7) is 3.08. The van der Waals surface area contributed by atoms with Crippen LogP contribution in [0.15, 0.2) is 48.5 Å². The SMILES string of the molecule is Cc1cccc(CC(=O)N2CCc3[nH]nc(C(=O)N[C@@H]4CCCc5ccccc54)c3C2)c1. The summed E-state index contributed by atoms with van der Waals surface area (Å²) < 4.78 is 0. The van der Waals surface area contributed by atoms with E-state index in [4.69, 9.17) is 0 Å². The van der Waals surface area contributed by atoms with Gasteiger partial charge in [0.25, 0.3) is 5.91 Å².